The molecule has 6 nitrogen and oxygen atoms in total. The maximum atomic E-state index is 14.2. The number of carbonyl (C=O) groups is 1. The van der Waals surface area contributed by atoms with Gasteiger partial charge in [0.1, 0.15) is 5.75 Å². The SMILES string of the molecule is CC1=CCC[C@@]2(C)[C@@H](CC[C@@]2(O)CN2CCN(c3ccccc3O)CC2)c2ccc(cc2C(=O)c2cccc(C(F)(F)F)c2)C[C@@H](O)CC1. The number of hydrogen-bond donors (Lipinski definition) is 3. The van der Waals surface area contributed by atoms with Crippen molar-refractivity contribution in [2.24, 2.45) is 5.41 Å². The molecular formula is C40H47F3N2O4. The normalized spacial score (nSPS) is 27.0. The molecule has 1 saturated carbocycles. The van der Waals surface area contributed by atoms with Crippen LogP contribution >= 0.6 is 0 Å². The van der Waals surface area contributed by atoms with Crippen molar-refractivity contribution in [2.45, 2.75) is 82.6 Å². The maximum absolute atomic E-state index is 14.2. The Hall–Kier alpha value is -3.66. The molecule has 262 valence electrons. The summed E-state index contributed by atoms with van der Waals surface area (Å²) in [5, 5.41) is 33.9. The number of alkyl halides is 3. The van der Waals surface area contributed by atoms with Crippen molar-refractivity contribution < 1.29 is 33.3 Å². The van der Waals surface area contributed by atoms with E-state index in [-0.39, 0.29) is 17.2 Å². The number of ketones is 1. The number of aliphatic hydroxyl groups is 2. The number of hydrogen-bond acceptors (Lipinski definition) is 6. The highest BCUT2D eigenvalue weighted by atomic mass is 19.4. The Labute approximate surface area is 286 Å². The molecule has 3 aromatic carbocycles. The first-order valence-corrected chi connectivity index (χ1v) is 17.4. The van der Waals surface area contributed by atoms with Crippen LogP contribution in [0.15, 0.2) is 78.4 Å². The van der Waals surface area contributed by atoms with Crippen molar-refractivity contribution >= 4 is 11.5 Å². The molecule has 0 radical (unpaired) electrons. The summed E-state index contributed by atoms with van der Waals surface area (Å²) in [6.45, 7) is 7.49. The van der Waals surface area contributed by atoms with Crippen LogP contribution in [0.25, 0.3) is 0 Å². The van der Waals surface area contributed by atoms with Gasteiger partial charge in [-0.1, -0.05) is 55.0 Å². The van der Waals surface area contributed by atoms with E-state index in [0.717, 1.165) is 35.4 Å². The molecule has 9 heteroatoms. The number of para-hydroxylation sites is 2. The molecule has 1 heterocycles. The number of phenols is 1. The third-order valence-corrected chi connectivity index (χ3v) is 11.4. The molecule has 0 spiro atoms. The van der Waals surface area contributed by atoms with Crippen molar-refractivity contribution in [1.82, 2.24) is 4.90 Å². The fraction of sp³-hybridized carbons (Fsp3) is 0.475. The lowest BCUT2D eigenvalue weighted by molar-refractivity contribution is -0.137. The number of piperazine rings is 1. The summed E-state index contributed by atoms with van der Waals surface area (Å²) in [7, 11) is 0. The lowest BCUT2D eigenvalue weighted by Crippen LogP contribution is -2.56. The average molecular weight is 677 g/mol. The molecule has 4 atom stereocenters. The minimum absolute atomic E-state index is 0.0364. The molecule has 2 bridgehead atoms. The van der Waals surface area contributed by atoms with Gasteiger partial charge in [-0.15, -0.1) is 0 Å². The summed E-state index contributed by atoms with van der Waals surface area (Å²) in [5.74, 6) is -0.460. The van der Waals surface area contributed by atoms with E-state index in [9.17, 15) is 33.3 Å². The third-order valence-electron chi connectivity index (χ3n) is 11.4. The highest BCUT2D eigenvalue weighted by Gasteiger charge is 2.57. The van der Waals surface area contributed by atoms with Crippen molar-refractivity contribution in [3.8, 4) is 5.75 Å². The fourth-order valence-corrected chi connectivity index (χ4v) is 8.44. The van der Waals surface area contributed by atoms with Gasteiger partial charge in [0.2, 0.25) is 0 Å². The Kier molecular flexibility index (Phi) is 10.00. The number of aromatic hydroxyl groups is 1. The predicted octanol–water partition coefficient (Wildman–Crippen LogP) is 7.50. The summed E-state index contributed by atoms with van der Waals surface area (Å²) < 4.78 is 41.0. The van der Waals surface area contributed by atoms with Crippen LogP contribution in [0, 0.1) is 5.41 Å². The molecule has 3 aliphatic carbocycles. The molecule has 1 aliphatic heterocycles. The zero-order chi connectivity index (χ0) is 35.0. The minimum atomic E-state index is -4.59. The van der Waals surface area contributed by atoms with Gasteiger partial charge in [-0.2, -0.15) is 13.2 Å². The van der Waals surface area contributed by atoms with Gasteiger partial charge in [-0.05, 0) is 99.2 Å². The highest BCUT2D eigenvalue weighted by molar-refractivity contribution is 6.10. The van der Waals surface area contributed by atoms with E-state index in [1.807, 2.05) is 24.3 Å². The van der Waals surface area contributed by atoms with Crippen LogP contribution in [0.5, 0.6) is 5.75 Å². The molecule has 4 aliphatic rings. The number of halogens is 3. The van der Waals surface area contributed by atoms with Crippen LogP contribution in [-0.4, -0.2) is 70.4 Å². The van der Waals surface area contributed by atoms with E-state index < -0.39 is 34.6 Å². The largest absolute Gasteiger partial charge is 0.506 e. The number of fused-ring (bicyclic) bond motifs is 8. The van der Waals surface area contributed by atoms with Crippen LogP contribution in [-0.2, 0) is 12.6 Å². The molecule has 0 aromatic heterocycles. The highest BCUT2D eigenvalue weighted by Crippen LogP contribution is 2.59. The van der Waals surface area contributed by atoms with E-state index >= 15 is 0 Å². The number of benzene rings is 3. The number of nitrogens with zero attached hydrogens (tertiary/aromatic N) is 2. The standard InChI is InChI=1S/C40H47F3N2O4/c1-27-7-6-17-38(2)34(16-18-39(38,49)26-44-19-21-45(22-20-44)35-10-3-4-11-36(35)47)32-15-13-28(23-31(46)14-12-27)24-33(32)37(48)29-8-5-9-30(25-29)40(41,42)43/h3-5,7-11,13,15,24-25,31,34,46-47,49H,6,12,14,16-23,26H2,1-2H3/t31-,34-,38-,39+/m0/s1. The Morgan fingerprint density at radius 3 is 2.45 bits per heavy atom. The second-order valence-electron chi connectivity index (χ2n) is 14.6. The number of allylic oxidation sites excluding steroid dienone is 2. The van der Waals surface area contributed by atoms with Crippen LogP contribution < -0.4 is 4.90 Å². The number of carbonyl (C=O) groups excluding carboxylic acids is 1. The minimum Gasteiger partial charge on any atom is -0.506 e. The van der Waals surface area contributed by atoms with Crippen LogP contribution in [0.1, 0.15) is 90.9 Å². The lowest BCUT2D eigenvalue weighted by atomic mass is 9.64. The lowest BCUT2D eigenvalue weighted by Gasteiger charge is -2.47. The van der Waals surface area contributed by atoms with Crippen LogP contribution in [0.4, 0.5) is 18.9 Å². The number of rotatable bonds is 5. The van der Waals surface area contributed by atoms with Crippen LogP contribution in [0.3, 0.4) is 0 Å². The molecule has 2 fully saturated rings. The van der Waals surface area contributed by atoms with E-state index in [1.54, 1.807) is 18.2 Å². The van der Waals surface area contributed by atoms with E-state index in [1.165, 1.54) is 17.7 Å². The van der Waals surface area contributed by atoms with Gasteiger partial charge in [-0.3, -0.25) is 9.69 Å². The average Bonchev–Trinajstić information content (AvgIpc) is 3.32. The van der Waals surface area contributed by atoms with Gasteiger partial charge in [0, 0.05) is 49.3 Å². The van der Waals surface area contributed by atoms with Gasteiger partial charge >= 0.3 is 6.18 Å². The monoisotopic (exact) mass is 676 g/mol. The molecule has 7 rings (SSSR count). The smallest absolute Gasteiger partial charge is 0.416 e. The van der Waals surface area contributed by atoms with Gasteiger partial charge in [0.25, 0.3) is 0 Å². The van der Waals surface area contributed by atoms with Gasteiger partial charge in [0.15, 0.2) is 5.78 Å². The number of anilines is 1. The van der Waals surface area contributed by atoms with Crippen molar-refractivity contribution in [3.05, 3.63) is 106 Å². The summed E-state index contributed by atoms with van der Waals surface area (Å²) in [4.78, 5) is 18.7. The molecule has 0 unspecified atom stereocenters. The third kappa shape index (κ3) is 7.30. The Bertz CT molecular complexity index is 1700. The maximum Gasteiger partial charge on any atom is 0.416 e. The van der Waals surface area contributed by atoms with Crippen molar-refractivity contribution in [2.75, 3.05) is 37.6 Å². The van der Waals surface area contributed by atoms with E-state index in [2.05, 4.69) is 29.7 Å². The van der Waals surface area contributed by atoms with Gasteiger partial charge in [0.05, 0.1) is 23.0 Å². The summed E-state index contributed by atoms with van der Waals surface area (Å²) in [6.07, 6.45) is 1.11. The zero-order valence-corrected chi connectivity index (χ0v) is 28.3. The molecule has 0 amide bonds. The summed E-state index contributed by atoms with van der Waals surface area (Å²) in [5.41, 5.74) is 1.17. The molecule has 3 aromatic rings. The Balaban J connectivity index is 1.35. The molecular weight excluding hydrogens is 629 g/mol. The van der Waals surface area contributed by atoms with E-state index in [4.69, 9.17) is 0 Å². The predicted molar refractivity (Wildman–Crippen MR) is 185 cm³/mol. The second kappa shape index (κ2) is 13.9. The molecule has 1 saturated heterocycles. The topological polar surface area (TPSA) is 84.2 Å². The first-order valence-electron chi connectivity index (χ1n) is 17.4. The first-order chi connectivity index (χ1) is 23.3. The molecule has 3 N–H and O–H groups in total. The number of β-amino-alcohol motifs (C(OH)–C–C–N with tert-alkyl or cyclic N) is 1. The fourth-order valence-electron chi connectivity index (χ4n) is 8.44. The first kappa shape index (κ1) is 35.2. The summed E-state index contributed by atoms with van der Waals surface area (Å²) in [6, 6.07) is 17.5. The summed E-state index contributed by atoms with van der Waals surface area (Å²) >= 11 is 0. The zero-order valence-electron chi connectivity index (χ0n) is 28.3. The van der Waals surface area contributed by atoms with E-state index in [0.29, 0.717) is 76.8 Å². The van der Waals surface area contributed by atoms with Crippen LogP contribution in [0.2, 0.25) is 0 Å². The van der Waals surface area contributed by atoms with Crippen molar-refractivity contribution in [1.29, 1.82) is 0 Å². The number of aliphatic hydroxyl groups excluding tert-OH is 1. The van der Waals surface area contributed by atoms with Gasteiger partial charge < -0.3 is 20.2 Å². The number of phenolic OH excluding ortho intramolecular Hbond substituents is 1. The Morgan fingerprint density at radius 1 is 0.959 bits per heavy atom. The van der Waals surface area contributed by atoms with Gasteiger partial charge in [-0.25, -0.2) is 0 Å². The van der Waals surface area contributed by atoms with Crippen molar-refractivity contribution in [3.63, 3.8) is 0 Å². The molecule has 49 heavy (non-hydrogen) atoms. The quantitative estimate of drug-likeness (QED) is 0.192. The second-order valence-corrected chi connectivity index (χ2v) is 14.6. The Morgan fingerprint density at radius 2 is 1.71 bits per heavy atom.